The molecule has 1 atom stereocenters. The summed E-state index contributed by atoms with van der Waals surface area (Å²) in [6.45, 7) is 0. The minimum absolute atomic E-state index is 0.151. The zero-order valence-electron chi connectivity index (χ0n) is 17.5. The normalized spacial score (nSPS) is 15.0. The van der Waals surface area contributed by atoms with Gasteiger partial charge in [-0.1, -0.05) is 41.9 Å². The second kappa shape index (κ2) is 8.05. The lowest BCUT2D eigenvalue weighted by molar-refractivity contribution is 0.0988. The Kier molecular flexibility index (Phi) is 5.07. The van der Waals surface area contributed by atoms with Crippen molar-refractivity contribution < 1.29 is 14.3 Å². The molecular formula is C25H20ClN3O3. The number of rotatable bonds is 5. The maximum atomic E-state index is 13.6. The summed E-state index contributed by atoms with van der Waals surface area (Å²) >= 11 is 6.09. The van der Waals surface area contributed by atoms with Gasteiger partial charge in [-0.2, -0.15) is 5.10 Å². The van der Waals surface area contributed by atoms with E-state index in [1.807, 2.05) is 72.8 Å². The molecule has 1 aliphatic rings. The number of methoxy groups -OCH3 is 2. The van der Waals surface area contributed by atoms with E-state index in [0.29, 0.717) is 27.9 Å². The third-order valence-corrected chi connectivity index (χ3v) is 5.91. The number of hydrogen-bond donors (Lipinski definition) is 1. The Morgan fingerprint density at radius 1 is 0.969 bits per heavy atom. The van der Waals surface area contributed by atoms with Crippen LogP contribution < -0.4 is 14.4 Å². The largest absolute Gasteiger partial charge is 0.497 e. The number of ether oxygens (including phenoxy) is 2. The Balaban J connectivity index is 1.75. The standard InChI is InChI=1S/C25H20ClN3O3/c1-31-18-12-13-19(20(14-18)32-2)24-21-22(15-8-10-16(26)11-9-15)27-28-23(21)25(30)29(24)17-6-4-3-5-7-17/h3-14,24H,1-2H3,(H,27,28)/t24-/m1/s1. The maximum Gasteiger partial charge on any atom is 0.277 e. The topological polar surface area (TPSA) is 67.5 Å². The van der Waals surface area contributed by atoms with Crippen molar-refractivity contribution in [2.45, 2.75) is 6.04 Å². The highest BCUT2D eigenvalue weighted by molar-refractivity contribution is 6.30. The summed E-state index contributed by atoms with van der Waals surface area (Å²) in [6, 6.07) is 22.2. The molecule has 0 radical (unpaired) electrons. The Hall–Kier alpha value is -3.77. The van der Waals surface area contributed by atoms with Crippen LogP contribution in [-0.2, 0) is 0 Å². The molecule has 0 bridgehead atoms. The van der Waals surface area contributed by atoms with Crippen molar-refractivity contribution in [3.05, 3.63) is 94.6 Å². The van der Waals surface area contributed by atoms with Gasteiger partial charge in [0.2, 0.25) is 0 Å². The molecule has 0 saturated heterocycles. The highest BCUT2D eigenvalue weighted by Gasteiger charge is 2.44. The molecule has 1 aliphatic heterocycles. The summed E-state index contributed by atoms with van der Waals surface area (Å²) < 4.78 is 11.1. The van der Waals surface area contributed by atoms with Gasteiger partial charge in [-0.3, -0.25) is 14.8 Å². The SMILES string of the molecule is COc1ccc([C@@H]2c3c(-c4ccc(Cl)cc4)n[nH]c3C(=O)N2c2ccccc2)c(OC)c1. The molecular weight excluding hydrogens is 426 g/mol. The maximum absolute atomic E-state index is 13.6. The number of para-hydroxylation sites is 1. The molecule has 3 aromatic carbocycles. The van der Waals surface area contributed by atoms with Gasteiger partial charge in [0.15, 0.2) is 0 Å². The van der Waals surface area contributed by atoms with Crippen LogP contribution in [0.3, 0.4) is 0 Å². The monoisotopic (exact) mass is 445 g/mol. The lowest BCUT2D eigenvalue weighted by Gasteiger charge is -2.27. The lowest BCUT2D eigenvalue weighted by Crippen LogP contribution is -2.29. The summed E-state index contributed by atoms with van der Waals surface area (Å²) in [7, 11) is 3.22. The highest BCUT2D eigenvalue weighted by atomic mass is 35.5. The molecule has 6 nitrogen and oxygen atoms in total. The number of halogens is 1. The third kappa shape index (κ3) is 3.20. The van der Waals surface area contributed by atoms with E-state index in [0.717, 1.165) is 22.4 Å². The molecule has 1 aromatic heterocycles. The lowest BCUT2D eigenvalue weighted by atomic mass is 9.95. The molecule has 160 valence electrons. The number of nitrogens with zero attached hydrogens (tertiary/aromatic N) is 2. The van der Waals surface area contributed by atoms with Gasteiger partial charge in [-0.15, -0.1) is 0 Å². The molecule has 0 saturated carbocycles. The Labute approximate surface area is 190 Å². The molecule has 2 heterocycles. The number of anilines is 1. The van der Waals surface area contributed by atoms with E-state index < -0.39 is 6.04 Å². The summed E-state index contributed by atoms with van der Waals surface area (Å²) in [4.78, 5) is 15.3. The van der Waals surface area contributed by atoms with Gasteiger partial charge in [0.1, 0.15) is 17.2 Å². The van der Waals surface area contributed by atoms with Gasteiger partial charge in [0.05, 0.1) is 26.0 Å². The fourth-order valence-corrected chi connectivity index (χ4v) is 4.29. The molecule has 5 rings (SSSR count). The van der Waals surface area contributed by atoms with Crippen LogP contribution in [0.25, 0.3) is 11.3 Å². The number of benzene rings is 3. The van der Waals surface area contributed by atoms with Crippen molar-refractivity contribution in [3.63, 3.8) is 0 Å². The number of H-pyrrole nitrogens is 1. The van der Waals surface area contributed by atoms with Gasteiger partial charge < -0.3 is 9.47 Å². The first-order chi connectivity index (χ1) is 15.6. The van der Waals surface area contributed by atoms with Crippen LogP contribution in [0.1, 0.15) is 27.7 Å². The van der Waals surface area contributed by atoms with E-state index in [1.54, 1.807) is 19.1 Å². The third-order valence-electron chi connectivity index (χ3n) is 5.66. The van der Waals surface area contributed by atoms with Crippen molar-refractivity contribution in [1.82, 2.24) is 10.2 Å². The van der Waals surface area contributed by atoms with Crippen LogP contribution in [0, 0.1) is 0 Å². The molecule has 7 heteroatoms. The van der Waals surface area contributed by atoms with E-state index in [4.69, 9.17) is 21.1 Å². The average molecular weight is 446 g/mol. The van der Waals surface area contributed by atoms with Gasteiger partial charge in [-0.25, -0.2) is 0 Å². The minimum atomic E-state index is -0.440. The number of carbonyl (C=O) groups excluding carboxylic acids is 1. The van der Waals surface area contributed by atoms with Crippen LogP contribution in [0.4, 0.5) is 5.69 Å². The summed E-state index contributed by atoms with van der Waals surface area (Å²) in [5.41, 5.74) is 4.44. The number of amides is 1. The van der Waals surface area contributed by atoms with Crippen LogP contribution in [-0.4, -0.2) is 30.3 Å². The highest BCUT2D eigenvalue weighted by Crippen LogP contribution is 2.47. The van der Waals surface area contributed by atoms with E-state index in [-0.39, 0.29) is 5.91 Å². The molecule has 0 spiro atoms. The van der Waals surface area contributed by atoms with Crippen LogP contribution in [0.15, 0.2) is 72.8 Å². The summed E-state index contributed by atoms with van der Waals surface area (Å²) in [5.74, 6) is 1.15. The summed E-state index contributed by atoms with van der Waals surface area (Å²) in [5, 5.41) is 8.10. The Morgan fingerprint density at radius 2 is 1.72 bits per heavy atom. The Bertz CT molecular complexity index is 1290. The van der Waals surface area contributed by atoms with Crippen LogP contribution in [0.5, 0.6) is 11.5 Å². The first-order valence-corrected chi connectivity index (χ1v) is 10.4. The fourth-order valence-electron chi connectivity index (χ4n) is 4.17. The van der Waals surface area contributed by atoms with Crippen LogP contribution >= 0.6 is 11.6 Å². The number of carbonyl (C=O) groups is 1. The van der Waals surface area contributed by atoms with Gasteiger partial charge >= 0.3 is 0 Å². The van der Waals surface area contributed by atoms with Gasteiger partial charge in [0.25, 0.3) is 5.91 Å². The first kappa shape index (κ1) is 20.2. The average Bonchev–Trinajstić information content (AvgIpc) is 3.38. The molecule has 32 heavy (non-hydrogen) atoms. The predicted molar refractivity (Wildman–Crippen MR) is 124 cm³/mol. The van der Waals surface area contributed by atoms with Crippen molar-refractivity contribution in [1.29, 1.82) is 0 Å². The second-order valence-corrected chi connectivity index (χ2v) is 7.83. The smallest absolute Gasteiger partial charge is 0.277 e. The molecule has 4 aromatic rings. The molecule has 0 aliphatic carbocycles. The minimum Gasteiger partial charge on any atom is -0.497 e. The van der Waals surface area contributed by atoms with Crippen molar-refractivity contribution in [2.75, 3.05) is 19.1 Å². The zero-order valence-corrected chi connectivity index (χ0v) is 18.3. The second-order valence-electron chi connectivity index (χ2n) is 7.39. The number of fused-ring (bicyclic) bond motifs is 1. The molecule has 0 fully saturated rings. The Morgan fingerprint density at radius 3 is 2.41 bits per heavy atom. The van der Waals surface area contributed by atoms with Crippen molar-refractivity contribution >= 4 is 23.2 Å². The molecule has 0 unspecified atom stereocenters. The van der Waals surface area contributed by atoms with E-state index in [1.165, 1.54) is 0 Å². The molecule has 1 amide bonds. The van der Waals surface area contributed by atoms with E-state index in [2.05, 4.69) is 10.2 Å². The molecule has 1 N–H and O–H groups in total. The zero-order chi connectivity index (χ0) is 22.2. The fraction of sp³-hybridized carbons (Fsp3) is 0.120. The number of aromatic amines is 1. The van der Waals surface area contributed by atoms with E-state index >= 15 is 0 Å². The van der Waals surface area contributed by atoms with Gasteiger partial charge in [-0.05, 0) is 36.4 Å². The predicted octanol–water partition coefficient (Wildman–Crippen LogP) is 5.50. The summed E-state index contributed by atoms with van der Waals surface area (Å²) in [6.07, 6.45) is 0. The number of aromatic nitrogens is 2. The van der Waals surface area contributed by atoms with Gasteiger partial charge in [0, 0.05) is 33.5 Å². The van der Waals surface area contributed by atoms with Crippen LogP contribution in [0.2, 0.25) is 5.02 Å². The number of nitrogens with one attached hydrogen (secondary N) is 1. The van der Waals surface area contributed by atoms with Crippen molar-refractivity contribution in [3.8, 4) is 22.8 Å². The quantitative estimate of drug-likeness (QED) is 0.440. The number of hydrogen-bond acceptors (Lipinski definition) is 4. The first-order valence-electron chi connectivity index (χ1n) is 10.1. The van der Waals surface area contributed by atoms with Crippen molar-refractivity contribution in [2.24, 2.45) is 0 Å². The van der Waals surface area contributed by atoms with E-state index in [9.17, 15) is 4.79 Å².